The third-order valence-electron chi connectivity index (χ3n) is 6.86. The molecule has 0 spiro atoms. The molecule has 1 saturated heterocycles. The van der Waals surface area contributed by atoms with Crippen molar-refractivity contribution >= 4 is 15.9 Å². The first-order valence-electron chi connectivity index (χ1n) is 11.5. The van der Waals surface area contributed by atoms with Crippen LogP contribution in [0.15, 0.2) is 53.4 Å². The molecule has 4 rings (SSSR count). The number of carbonyl (C=O) groups is 1. The number of hydrogen-bond donors (Lipinski definition) is 1. The average molecular weight is 456 g/mol. The zero-order valence-corrected chi connectivity index (χ0v) is 19.8. The van der Waals surface area contributed by atoms with Crippen molar-refractivity contribution in [2.45, 2.75) is 50.0 Å². The first-order chi connectivity index (χ1) is 15.4. The molecule has 1 aliphatic heterocycles. The Bertz CT molecular complexity index is 1050. The Morgan fingerprint density at radius 3 is 2.38 bits per heavy atom. The molecule has 1 amide bonds. The highest BCUT2D eigenvalue weighted by Crippen LogP contribution is 2.27. The van der Waals surface area contributed by atoms with E-state index < -0.39 is 10.0 Å². The number of rotatable bonds is 7. The van der Waals surface area contributed by atoms with Crippen molar-refractivity contribution in [2.75, 3.05) is 32.7 Å². The van der Waals surface area contributed by atoms with E-state index in [1.54, 1.807) is 10.4 Å². The molecule has 32 heavy (non-hydrogen) atoms. The van der Waals surface area contributed by atoms with Crippen molar-refractivity contribution in [2.24, 2.45) is 0 Å². The molecular weight excluding hydrogens is 422 g/mol. The number of amides is 1. The molecule has 2 aromatic carbocycles. The van der Waals surface area contributed by atoms with Gasteiger partial charge in [-0.15, -0.1) is 0 Å². The fraction of sp³-hybridized carbons (Fsp3) is 0.480. The molecular formula is C25H33N3O3S. The summed E-state index contributed by atoms with van der Waals surface area (Å²) in [6.45, 7) is 6.48. The molecule has 2 atom stereocenters. The predicted molar refractivity (Wildman–Crippen MR) is 126 cm³/mol. The highest BCUT2D eigenvalue weighted by atomic mass is 32.2. The monoisotopic (exact) mass is 455 g/mol. The Morgan fingerprint density at radius 1 is 0.969 bits per heavy atom. The van der Waals surface area contributed by atoms with Crippen LogP contribution in [0, 0.1) is 0 Å². The van der Waals surface area contributed by atoms with E-state index in [4.69, 9.17) is 0 Å². The number of nitrogens with one attached hydrogen (secondary N) is 1. The Kier molecular flexibility index (Phi) is 6.98. The summed E-state index contributed by atoms with van der Waals surface area (Å²) in [6, 6.07) is 15.4. The molecule has 0 bridgehead atoms. The third kappa shape index (κ3) is 4.90. The second kappa shape index (κ2) is 9.73. The van der Waals surface area contributed by atoms with Crippen LogP contribution in [0.3, 0.4) is 0 Å². The average Bonchev–Trinajstić information content (AvgIpc) is 3.30. The fourth-order valence-electron chi connectivity index (χ4n) is 4.66. The molecule has 2 aromatic rings. The van der Waals surface area contributed by atoms with Gasteiger partial charge in [-0.2, -0.15) is 4.31 Å². The Morgan fingerprint density at radius 2 is 1.66 bits per heavy atom. The first-order valence-corrected chi connectivity index (χ1v) is 13.0. The largest absolute Gasteiger partial charge is 0.354 e. The lowest BCUT2D eigenvalue weighted by Crippen LogP contribution is -2.55. The molecule has 1 aliphatic carbocycles. The van der Waals surface area contributed by atoms with E-state index in [0.717, 1.165) is 19.3 Å². The van der Waals surface area contributed by atoms with Crippen LogP contribution in [0.1, 0.15) is 42.9 Å². The van der Waals surface area contributed by atoms with Gasteiger partial charge < -0.3 is 5.32 Å². The van der Waals surface area contributed by atoms with Crippen molar-refractivity contribution in [1.29, 1.82) is 0 Å². The topological polar surface area (TPSA) is 69.7 Å². The fourth-order valence-corrected chi connectivity index (χ4v) is 6.13. The summed E-state index contributed by atoms with van der Waals surface area (Å²) in [7, 11) is -3.50. The van der Waals surface area contributed by atoms with Gasteiger partial charge in [0.15, 0.2) is 0 Å². The van der Waals surface area contributed by atoms with Crippen molar-refractivity contribution < 1.29 is 13.2 Å². The Labute approximate surface area is 191 Å². The standard InChI is InChI=1S/C25H33N3O3S/c1-19(21-7-4-3-5-8-21)18-26-25(29)20(2)27-13-15-28(16-14-27)32(30,31)24-12-11-22-9-6-10-23(22)17-24/h3-5,7-8,11-12,17,19-20H,6,9-10,13-16,18H2,1-2H3,(H,26,29). The number of aryl methyl sites for hydroxylation is 2. The van der Waals surface area contributed by atoms with Crippen molar-refractivity contribution in [3.8, 4) is 0 Å². The molecule has 2 unspecified atom stereocenters. The number of sulfonamides is 1. The molecule has 6 nitrogen and oxygen atoms in total. The van der Waals surface area contributed by atoms with E-state index in [9.17, 15) is 13.2 Å². The van der Waals surface area contributed by atoms with Crippen LogP contribution in [0.4, 0.5) is 0 Å². The molecule has 1 N–H and O–H groups in total. The number of fused-ring (bicyclic) bond motifs is 1. The smallest absolute Gasteiger partial charge is 0.243 e. The summed E-state index contributed by atoms with van der Waals surface area (Å²) < 4.78 is 27.8. The van der Waals surface area contributed by atoms with Crippen LogP contribution in [-0.4, -0.2) is 62.3 Å². The highest BCUT2D eigenvalue weighted by Gasteiger charge is 2.32. The lowest BCUT2D eigenvalue weighted by Gasteiger charge is -2.36. The Hall–Kier alpha value is -2.22. The van der Waals surface area contributed by atoms with Gasteiger partial charge in [0.1, 0.15) is 0 Å². The summed E-state index contributed by atoms with van der Waals surface area (Å²) in [5.74, 6) is 0.226. The van der Waals surface area contributed by atoms with Crippen LogP contribution >= 0.6 is 0 Å². The molecule has 172 valence electrons. The number of carbonyl (C=O) groups excluding carboxylic acids is 1. The van der Waals surface area contributed by atoms with Gasteiger partial charge in [0.25, 0.3) is 0 Å². The van der Waals surface area contributed by atoms with Gasteiger partial charge in [0.2, 0.25) is 15.9 Å². The zero-order valence-electron chi connectivity index (χ0n) is 19.0. The SMILES string of the molecule is CC(CNC(=O)C(C)N1CCN(S(=O)(=O)c2ccc3c(c2)CCC3)CC1)c1ccccc1. The van der Waals surface area contributed by atoms with Gasteiger partial charge in [-0.25, -0.2) is 8.42 Å². The second-order valence-electron chi connectivity index (χ2n) is 8.96. The van der Waals surface area contributed by atoms with Crippen LogP contribution in [0.5, 0.6) is 0 Å². The van der Waals surface area contributed by atoms with E-state index in [2.05, 4.69) is 29.3 Å². The maximum Gasteiger partial charge on any atom is 0.243 e. The lowest BCUT2D eigenvalue weighted by molar-refractivity contribution is -0.126. The molecule has 2 aliphatic rings. The van der Waals surface area contributed by atoms with Crippen LogP contribution in [0.2, 0.25) is 0 Å². The summed E-state index contributed by atoms with van der Waals surface area (Å²) in [5, 5.41) is 3.06. The van der Waals surface area contributed by atoms with Gasteiger partial charge >= 0.3 is 0 Å². The normalized spacial score (nSPS) is 19.3. The minimum absolute atomic E-state index is 0.0114. The van der Waals surface area contributed by atoms with Gasteiger partial charge in [-0.1, -0.05) is 43.3 Å². The third-order valence-corrected chi connectivity index (χ3v) is 8.75. The van der Waals surface area contributed by atoms with Crippen molar-refractivity contribution in [1.82, 2.24) is 14.5 Å². The maximum absolute atomic E-state index is 13.1. The number of hydrogen-bond acceptors (Lipinski definition) is 4. The molecule has 0 aromatic heterocycles. The molecule has 1 heterocycles. The van der Waals surface area contributed by atoms with E-state index in [1.807, 2.05) is 37.3 Å². The summed E-state index contributed by atoms with van der Waals surface area (Å²) in [4.78, 5) is 15.2. The van der Waals surface area contributed by atoms with Crippen molar-refractivity contribution in [3.05, 3.63) is 65.2 Å². The highest BCUT2D eigenvalue weighted by molar-refractivity contribution is 7.89. The second-order valence-corrected chi connectivity index (χ2v) is 10.9. The quantitative estimate of drug-likeness (QED) is 0.697. The van der Waals surface area contributed by atoms with Crippen molar-refractivity contribution in [3.63, 3.8) is 0 Å². The van der Waals surface area contributed by atoms with Gasteiger partial charge in [0, 0.05) is 32.7 Å². The Balaban J connectivity index is 1.30. The van der Waals surface area contributed by atoms with Crippen LogP contribution in [-0.2, 0) is 27.7 Å². The predicted octanol–water partition coefficient (Wildman–Crippen LogP) is 2.79. The van der Waals surface area contributed by atoms with Crippen LogP contribution < -0.4 is 5.32 Å². The summed E-state index contributed by atoms with van der Waals surface area (Å²) in [5.41, 5.74) is 3.64. The van der Waals surface area contributed by atoms with Gasteiger partial charge in [0.05, 0.1) is 10.9 Å². The summed E-state index contributed by atoms with van der Waals surface area (Å²) in [6.07, 6.45) is 3.10. The van der Waals surface area contributed by atoms with Crippen LogP contribution in [0.25, 0.3) is 0 Å². The number of piperazine rings is 1. The zero-order chi connectivity index (χ0) is 22.7. The minimum Gasteiger partial charge on any atom is -0.354 e. The van der Waals surface area contributed by atoms with E-state index in [1.165, 1.54) is 16.7 Å². The summed E-state index contributed by atoms with van der Waals surface area (Å²) >= 11 is 0. The first kappa shape index (κ1) is 23.0. The molecule has 7 heteroatoms. The van der Waals surface area contributed by atoms with E-state index >= 15 is 0 Å². The van der Waals surface area contributed by atoms with Gasteiger partial charge in [-0.05, 0) is 60.9 Å². The van der Waals surface area contributed by atoms with Gasteiger partial charge in [-0.3, -0.25) is 9.69 Å². The minimum atomic E-state index is -3.50. The molecule has 0 radical (unpaired) electrons. The maximum atomic E-state index is 13.1. The van der Waals surface area contributed by atoms with E-state index in [-0.39, 0.29) is 17.9 Å². The number of nitrogens with zero attached hydrogens (tertiary/aromatic N) is 2. The lowest BCUT2D eigenvalue weighted by atomic mass is 10.0. The van der Waals surface area contributed by atoms with E-state index in [0.29, 0.717) is 37.6 Å². The molecule has 1 fully saturated rings. The number of benzene rings is 2. The molecule has 0 saturated carbocycles.